The molecule has 0 aromatic carbocycles. The first-order valence-electron chi connectivity index (χ1n) is 6.72. The molecule has 1 unspecified atom stereocenters. The molecule has 0 radical (unpaired) electrons. The van der Waals surface area contributed by atoms with E-state index in [2.05, 4.69) is 39.1 Å². The van der Waals surface area contributed by atoms with Crippen LogP contribution in [0.3, 0.4) is 0 Å². The lowest BCUT2D eigenvalue weighted by atomic mass is 10.3. The molecule has 1 aromatic heterocycles. The molecule has 5 nitrogen and oxygen atoms in total. The quantitative estimate of drug-likeness (QED) is 0.678. The van der Waals surface area contributed by atoms with Crippen LogP contribution < -0.4 is 5.32 Å². The van der Waals surface area contributed by atoms with Gasteiger partial charge in [0, 0.05) is 37.2 Å². The molecule has 2 heterocycles. The largest absolute Gasteiger partial charge is 0.359 e. The molecule has 1 aliphatic heterocycles. The normalized spacial score (nSPS) is 20.7. The Morgan fingerprint density at radius 1 is 1.68 bits per heavy atom. The average Bonchev–Trinajstić information content (AvgIpc) is 2.85. The molecule has 0 amide bonds. The first-order valence-corrected chi connectivity index (χ1v) is 7.77. The molecular weight excluding hydrogens is 260 g/mol. The molecular formula is C13H22N4OS. The van der Waals surface area contributed by atoms with E-state index in [0.717, 1.165) is 30.5 Å². The van der Waals surface area contributed by atoms with Crippen molar-refractivity contribution in [1.29, 1.82) is 0 Å². The zero-order chi connectivity index (χ0) is 13.7. The Labute approximate surface area is 118 Å². The smallest absolute Gasteiger partial charge is 0.194 e. The minimum absolute atomic E-state index is 0.633. The lowest BCUT2D eigenvalue weighted by Gasteiger charge is -2.34. The third kappa shape index (κ3) is 3.89. The monoisotopic (exact) mass is 282 g/mol. The number of nitrogens with one attached hydrogen (secondary N) is 1. The summed E-state index contributed by atoms with van der Waals surface area (Å²) in [5.74, 6) is 2.96. The van der Waals surface area contributed by atoms with E-state index in [9.17, 15) is 0 Å². The maximum atomic E-state index is 5.20. The third-order valence-electron chi connectivity index (χ3n) is 3.20. The second-order valence-electron chi connectivity index (χ2n) is 4.68. The molecule has 1 fully saturated rings. The van der Waals surface area contributed by atoms with Crippen LogP contribution in [-0.4, -0.2) is 47.2 Å². The topological polar surface area (TPSA) is 53.7 Å². The molecule has 1 atom stereocenters. The number of aromatic nitrogens is 1. The highest BCUT2D eigenvalue weighted by Crippen LogP contribution is 2.21. The number of nitrogens with zero attached hydrogens (tertiary/aromatic N) is 3. The number of hydrogen-bond acceptors (Lipinski definition) is 4. The second kappa shape index (κ2) is 6.84. The fraction of sp³-hybridized carbons (Fsp3) is 0.692. The predicted octanol–water partition coefficient (Wildman–Crippen LogP) is 1.89. The number of rotatable bonds is 3. The molecule has 106 valence electrons. The summed E-state index contributed by atoms with van der Waals surface area (Å²) in [6.45, 7) is 6.92. The van der Waals surface area contributed by atoms with Crippen molar-refractivity contribution in [2.24, 2.45) is 4.99 Å². The molecule has 0 aliphatic carbocycles. The van der Waals surface area contributed by atoms with Crippen LogP contribution in [0.25, 0.3) is 0 Å². The van der Waals surface area contributed by atoms with Gasteiger partial charge in [0.1, 0.15) is 0 Å². The summed E-state index contributed by atoms with van der Waals surface area (Å²) < 4.78 is 5.20. The van der Waals surface area contributed by atoms with E-state index in [-0.39, 0.29) is 0 Å². The van der Waals surface area contributed by atoms with Crippen molar-refractivity contribution in [3.8, 4) is 0 Å². The van der Waals surface area contributed by atoms with Crippen molar-refractivity contribution in [3.63, 3.8) is 0 Å². The molecule has 19 heavy (non-hydrogen) atoms. The fourth-order valence-electron chi connectivity index (χ4n) is 2.16. The Morgan fingerprint density at radius 3 is 3.16 bits per heavy atom. The van der Waals surface area contributed by atoms with Crippen LogP contribution in [0.5, 0.6) is 0 Å². The zero-order valence-corrected chi connectivity index (χ0v) is 12.7. The van der Waals surface area contributed by atoms with E-state index in [0.29, 0.717) is 11.8 Å². The Hall–Kier alpha value is -1.17. The van der Waals surface area contributed by atoms with Crippen LogP contribution in [0, 0.1) is 6.92 Å². The fourth-order valence-corrected chi connectivity index (χ4v) is 3.34. The lowest BCUT2D eigenvalue weighted by Crippen LogP contribution is -2.47. The summed E-state index contributed by atoms with van der Waals surface area (Å²) in [5.41, 5.74) is 0.909. The highest BCUT2D eigenvalue weighted by molar-refractivity contribution is 8.00. The van der Waals surface area contributed by atoms with Crippen LogP contribution in [0.15, 0.2) is 15.6 Å². The number of aliphatic imine (C=N–C) groups is 1. The molecule has 0 bridgehead atoms. The van der Waals surface area contributed by atoms with Crippen LogP contribution in [0.2, 0.25) is 0 Å². The minimum Gasteiger partial charge on any atom is -0.359 e. The lowest BCUT2D eigenvalue weighted by molar-refractivity contribution is 0.368. The van der Waals surface area contributed by atoms with Gasteiger partial charge in [-0.1, -0.05) is 12.1 Å². The van der Waals surface area contributed by atoms with Gasteiger partial charge in [0.25, 0.3) is 0 Å². The summed E-state index contributed by atoms with van der Waals surface area (Å²) >= 11 is 2.06. The van der Waals surface area contributed by atoms with E-state index in [1.54, 1.807) is 0 Å². The van der Waals surface area contributed by atoms with Gasteiger partial charge >= 0.3 is 0 Å². The zero-order valence-electron chi connectivity index (χ0n) is 11.8. The van der Waals surface area contributed by atoms with E-state index in [1.807, 2.05) is 20.0 Å². The van der Waals surface area contributed by atoms with Crippen molar-refractivity contribution < 1.29 is 4.52 Å². The molecule has 0 saturated carbocycles. The van der Waals surface area contributed by atoms with Crippen molar-refractivity contribution in [2.75, 3.05) is 25.9 Å². The first-order chi connectivity index (χ1) is 9.22. The number of guanidine groups is 1. The Kier molecular flexibility index (Phi) is 5.13. The predicted molar refractivity (Wildman–Crippen MR) is 79.5 cm³/mol. The summed E-state index contributed by atoms with van der Waals surface area (Å²) in [6.07, 6.45) is 1.21. The number of aryl methyl sites for hydroxylation is 1. The van der Waals surface area contributed by atoms with Gasteiger partial charge in [0.05, 0.1) is 12.2 Å². The van der Waals surface area contributed by atoms with Crippen LogP contribution in [0.4, 0.5) is 0 Å². The summed E-state index contributed by atoms with van der Waals surface area (Å²) in [7, 11) is 1.83. The van der Waals surface area contributed by atoms with Crippen LogP contribution >= 0.6 is 11.8 Å². The molecule has 6 heteroatoms. The standard InChI is InChI=1S/C13H22N4OS/c1-4-12-9-17(5-6-19-12)13(14-3)15-8-11-7-10(2)16-18-11/h7,12H,4-6,8-9H2,1-3H3,(H,14,15). The van der Waals surface area contributed by atoms with Crippen molar-refractivity contribution in [2.45, 2.75) is 32.1 Å². The third-order valence-corrected chi connectivity index (χ3v) is 4.58. The highest BCUT2D eigenvalue weighted by atomic mass is 32.2. The number of thioether (sulfide) groups is 1. The van der Waals surface area contributed by atoms with E-state index >= 15 is 0 Å². The number of hydrogen-bond donors (Lipinski definition) is 1. The van der Waals surface area contributed by atoms with E-state index < -0.39 is 0 Å². The van der Waals surface area contributed by atoms with Gasteiger partial charge in [-0.15, -0.1) is 0 Å². The van der Waals surface area contributed by atoms with Crippen molar-refractivity contribution in [1.82, 2.24) is 15.4 Å². The molecule has 1 aliphatic rings. The average molecular weight is 282 g/mol. The SMILES string of the molecule is CCC1CN(C(=NC)NCc2cc(C)no2)CCS1. The summed E-state index contributed by atoms with van der Waals surface area (Å²) in [4.78, 5) is 6.69. The van der Waals surface area contributed by atoms with Gasteiger partial charge in [-0.25, -0.2) is 0 Å². The molecule has 1 N–H and O–H groups in total. The van der Waals surface area contributed by atoms with Crippen molar-refractivity contribution in [3.05, 3.63) is 17.5 Å². The maximum absolute atomic E-state index is 5.20. The highest BCUT2D eigenvalue weighted by Gasteiger charge is 2.21. The minimum atomic E-state index is 0.633. The Morgan fingerprint density at radius 2 is 2.53 bits per heavy atom. The Bertz CT molecular complexity index is 432. The van der Waals surface area contributed by atoms with Gasteiger partial charge in [-0.2, -0.15) is 11.8 Å². The second-order valence-corrected chi connectivity index (χ2v) is 6.09. The first kappa shape index (κ1) is 14.2. The Balaban J connectivity index is 1.89. The van der Waals surface area contributed by atoms with Gasteiger partial charge in [0.15, 0.2) is 11.7 Å². The van der Waals surface area contributed by atoms with E-state index in [1.165, 1.54) is 12.2 Å². The van der Waals surface area contributed by atoms with Crippen molar-refractivity contribution >= 4 is 17.7 Å². The van der Waals surface area contributed by atoms with Gasteiger partial charge in [0.2, 0.25) is 0 Å². The molecule has 0 spiro atoms. The molecule has 2 rings (SSSR count). The molecule has 1 aromatic rings. The van der Waals surface area contributed by atoms with Gasteiger partial charge in [-0.05, 0) is 13.3 Å². The maximum Gasteiger partial charge on any atom is 0.194 e. The summed E-state index contributed by atoms with van der Waals surface area (Å²) in [5, 5.41) is 7.94. The van der Waals surface area contributed by atoms with Crippen LogP contribution in [-0.2, 0) is 6.54 Å². The molecule has 1 saturated heterocycles. The van der Waals surface area contributed by atoms with Gasteiger partial charge in [-0.3, -0.25) is 4.99 Å². The summed E-state index contributed by atoms with van der Waals surface area (Å²) in [6, 6.07) is 1.95. The van der Waals surface area contributed by atoms with E-state index in [4.69, 9.17) is 4.52 Å². The van der Waals surface area contributed by atoms with Crippen LogP contribution in [0.1, 0.15) is 24.8 Å². The van der Waals surface area contributed by atoms with Gasteiger partial charge < -0.3 is 14.7 Å².